The molecule has 0 saturated carbocycles. The van der Waals surface area contributed by atoms with E-state index >= 15 is 0 Å². The molecule has 0 bridgehead atoms. The van der Waals surface area contributed by atoms with Gasteiger partial charge in [-0.15, -0.1) is 0 Å². The number of hydrogen-bond donors (Lipinski definition) is 1. The molecule has 1 rings (SSSR count). The molecule has 7 heteroatoms. The number of methoxy groups -OCH3 is 1. The molecule has 0 aliphatic heterocycles. The summed E-state index contributed by atoms with van der Waals surface area (Å²) in [5.74, 6) is -0.917. The lowest BCUT2D eigenvalue weighted by molar-refractivity contribution is 0.145. The zero-order valence-electron chi connectivity index (χ0n) is 9.58. The summed E-state index contributed by atoms with van der Waals surface area (Å²) in [6, 6.07) is 1.87. The Labute approximate surface area is 101 Å². The van der Waals surface area contributed by atoms with Gasteiger partial charge in [-0.25, -0.2) is 18.0 Å². The van der Waals surface area contributed by atoms with Crippen molar-refractivity contribution in [3.8, 4) is 5.75 Å². The molecule has 4 nitrogen and oxygen atoms in total. The number of primary amides is 1. The zero-order valence-corrected chi connectivity index (χ0v) is 9.58. The highest BCUT2D eigenvalue weighted by molar-refractivity contribution is 5.64. The van der Waals surface area contributed by atoms with Gasteiger partial charge in [-0.3, -0.25) is 0 Å². The molecule has 2 N–H and O–H groups in total. The smallest absolute Gasteiger partial charge is 0.404 e. The molecule has 18 heavy (non-hydrogen) atoms. The molecule has 0 aromatic heterocycles. The van der Waals surface area contributed by atoms with Gasteiger partial charge < -0.3 is 15.2 Å². The van der Waals surface area contributed by atoms with Gasteiger partial charge in [0.05, 0.1) is 19.3 Å². The van der Waals surface area contributed by atoms with Crippen molar-refractivity contribution in [1.82, 2.24) is 0 Å². The van der Waals surface area contributed by atoms with E-state index in [0.717, 1.165) is 12.1 Å². The van der Waals surface area contributed by atoms with Gasteiger partial charge in [-0.1, -0.05) is 0 Å². The van der Waals surface area contributed by atoms with Crippen molar-refractivity contribution in [3.05, 3.63) is 29.1 Å². The molecule has 0 spiro atoms. The topological polar surface area (TPSA) is 61.6 Å². The van der Waals surface area contributed by atoms with Gasteiger partial charge in [0.1, 0.15) is 11.6 Å². The highest BCUT2D eigenvalue weighted by Crippen LogP contribution is 2.29. The summed E-state index contributed by atoms with van der Waals surface area (Å²) in [7, 11) is 1.28. The summed E-state index contributed by atoms with van der Waals surface area (Å²) in [6.45, 7) is -0.0842. The van der Waals surface area contributed by atoms with E-state index in [2.05, 4.69) is 4.74 Å². The van der Waals surface area contributed by atoms with Gasteiger partial charge in [-0.2, -0.15) is 0 Å². The summed E-state index contributed by atoms with van der Waals surface area (Å²) in [4.78, 5) is 10.3. The van der Waals surface area contributed by atoms with Crippen LogP contribution in [0.1, 0.15) is 17.6 Å². The van der Waals surface area contributed by atoms with Crippen LogP contribution in [0.4, 0.5) is 18.0 Å². The minimum atomic E-state index is -2.92. The average Bonchev–Trinajstić information content (AvgIpc) is 2.28. The number of carbonyl (C=O) groups is 1. The van der Waals surface area contributed by atoms with E-state index in [1.54, 1.807) is 0 Å². The van der Waals surface area contributed by atoms with Gasteiger partial charge in [-0.05, 0) is 12.1 Å². The van der Waals surface area contributed by atoms with E-state index < -0.39 is 23.9 Å². The molecule has 0 aliphatic rings. The van der Waals surface area contributed by atoms with Crippen LogP contribution in [0, 0.1) is 5.82 Å². The van der Waals surface area contributed by atoms with Crippen LogP contribution in [0.5, 0.6) is 5.75 Å². The van der Waals surface area contributed by atoms with Crippen molar-refractivity contribution in [1.29, 1.82) is 0 Å². The molecule has 1 aromatic carbocycles. The maximum Gasteiger partial charge on any atom is 0.404 e. The fourth-order valence-electron chi connectivity index (χ4n) is 1.42. The van der Waals surface area contributed by atoms with Crippen molar-refractivity contribution < 1.29 is 27.4 Å². The van der Waals surface area contributed by atoms with E-state index in [1.165, 1.54) is 7.11 Å². The van der Waals surface area contributed by atoms with Gasteiger partial charge in [0, 0.05) is 12.0 Å². The number of hydrogen-bond acceptors (Lipinski definition) is 3. The molecule has 100 valence electrons. The van der Waals surface area contributed by atoms with Gasteiger partial charge in [0.2, 0.25) is 0 Å². The highest BCUT2D eigenvalue weighted by Gasteiger charge is 2.17. The maximum absolute atomic E-state index is 13.3. The second-order valence-electron chi connectivity index (χ2n) is 3.40. The second kappa shape index (κ2) is 6.13. The van der Waals surface area contributed by atoms with Crippen LogP contribution in [0.25, 0.3) is 0 Å². The molecule has 0 fully saturated rings. The fourth-order valence-corrected chi connectivity index (χ4v) is 1.42. The van der Waals surface area contributed by atoms with E-state index in [9.17, 15) is 18.0 Å². The largest absolute Gasteiger partial charge is 0.496 e. The Morgan fingerprint density at radius 3 is 2.61 bits per heavy atom. The Kier molecular flexibility index (Phi) is 4.82. The third kappa shape index (κ3) is 3.54. The standard InChI is InChI=1S/C11H12F3NO3/c1-17-9-5-7(10(13)14)8(12)4-6(9)2-3-18-11(15)16/h4-5,10H,2-3H2,1H3,(H2,15,16). The summed E-state index contributed by atoms with van der Waals surface area (Å²) in [5.41, 5.74) is 4.35. The molecule has 0 saturated heterocycles. The lowest BCUT2D eigenvalue weighted by atomic mass is 10.1. The first-order valence-electron chi connectivity index (χ1n) is 5.02. The minimum Gasteiger partial charge on any atom is -0.496 e. The Balaban J connectivity index is 2.90. The summed E-state index contributed by atoms with van der Waals surface area (Å²) < 4.78 is 47.6. The summed E-state index contributed by atoms with van der Waals surface area (Å²) in [6.07, 6.45) is -3.76. The first-order valence-corrected chi connectivity index (χ1v) is 5.02. The van der Waals surface area contributed by atoms with E-state index in [4.69, 9.17) is 10.5 Å². The fraction of sp³-hybridized carbons (Fsp3) is 0.364. The Hall–Kier alpha value is -1.92. The lowest BCUT2D eigenvalue weighted by Gasteiger charge is -2.11. The van der Waals surface area contributed by atoms with Crippen molar-refractivity contribution in [2.24, 2.45) is 5.73 Å². The highest BCUT2D eigenvalue weighted by atomic mass is 19.3. The van der Waals surface area contributed by atoms with Crippen molar-refractivity contribution in [2.45, 2.75) is 12.8 Å². The Bertz CT molecular complexity index is 438. The molecule has 0 heterocycles. The summed E-state index contributed by atoms with van der Waals surface area (Å²) in [5, 5.41) is 0. The van der Waals surface area contributed by atoms with E-state index in [1.807, 2.05) is 0 Å². The van der Waals surface area contributed by atoms with Crippen LogP contribution in [0.15, 0.2) is 12.1 Å². The van der Waals surface area contributed by atoms with Crippen LogP contribution in [0.2, 0.25) is 0 Å². The SMILES string of the molecule is COc1cc(C(F)F)c(F)cc1CCOC(N)=O. The maximum atomic E-state index is 13.3. The minimum absolute atomic E-state index is 0.0842. The van der Waals surface area contributed by atoms with Crippen LogP contribution >= 0.6 is 0 Å². The number of benzene rings is 1. The molecular weight excluding hydrogens is 251 g/mol. The lowest BCUT2D eigenvalue weighted by Crippen LogP contribution is -2.15. The predicted molar refractivity (Wildman–Crippen MR) is 57.1 cm³/mol. The Morgan fingerprint density at radius 1 is 1.44 bits per heavy atom. The van der Waals surface area contributed by atoms with Crippen molar-refractivity contribution in [3.63, 3.8) is 0 Å². The first-order chi connectivity index (χ1) is 8.45. The van der Waals surface area contributed by atoms with Crippen LogP contribution < -0.4 is 10.5 Å². The third-order valence-corrected chi connectivity index (χ3v) is 2.25. The molecule has 1 aromatic rings. The number of ether oxygens (including phenoxy) is 2. The summed E-state index contributed by atoms with van der Waals surface area (Å²) >= 11 is 0. The zero-order chi connectivity index (χ0) is 13.7. The van der Waals surface area contributed by atoms with Crippen LogP contribution in [-0.4, -0.2) is 19.8 Å². The number of rotatable bonds is 5. The number of halogens is 3. The molecule has 0 unspecified atom stereocenters. The van der Waals surface area contributed by atoms with Gasteiger partial charge in [0.15, 0.2) is 0 Å². The quantitative estimate of drug-likeness (QED) is 0.887. The van der Waals surface area contributed by atoms with Crippen molar-refractivity contribution >= 4 is 6.09 Å². The van der Waals surface area contributed by atoms with Crippen LogP contribution in [0.3, 0.4) is 0 Å². The normalized spacial score (nSPS) is 10.5. The monoisotopic (exact) mass is 263 g/mol. The number of amides is 1. The molecule has 1 amide bonds. The average molecular weight is 263 g/mol. The van der Waals surface area contributed by atoms with Crippen LogP contribution in [-0.2, 0) is 11.2 Å². The van der Waals surface area contributed by atoms with Gasteiger partial charge in [0.25, 0.3) is 6.43 Å². The number of alkyl halides is 2. The van der Waals surface area contributed by atoms with E-state index in [0.29, 0.717) is 5.56 Å². The molecular formula is C11H12F3NO3. The first kappa shape index (κ1) is 14.1. The second-order valence-corrected chi connectivity index (χ2v) is 3.40. The van der Waals surface area contributed by atoms with E-state index in [-0.39, 0.29) is 18.8 Å². The predicted octanol–water partition coefficient (Wildman–Crippen LogP) is 2.41. The number of nitrogens with two attached hydrogens (primary N) is 1. The molecule has 0 radical (unpaired) electrons. The van der Waals surface area contributed by atoms with Gasteiger partial charge >= 0.3 is 6.09 Å². The Morgan fingerprint density at radius 2 is 2.11 bits per heavy atom. The number of carbonyl (C=O) groups excluding carboxylic acids is 1. The molecule has 0 aliphatic carbocycles. The third-order valence-electron chi connectivity index (χ3n) is 2.25. The van der Waals surface area contributed by atoms with Crippen molar-refractivity contribution in [2.75, 3.05) is 13.7 Å². The molecule has 0 atom stereocenters.